The molecule has 0 aromatic heterocycles. The summed E-state index contributed by atoms with van der Waals surface area (Å²) in [6.45, 7) is 4.44. The average molecular weight is 214 g/mol. The molecule has 7 heteroatoms. The van der Waals surface area contributed by atoms with Crippen LogP contribution in [-0.4, -0.2) is 28.3 Å². The van der Waals surface area contributed by atoms with Crippen LogP contribution in [0.5, 0.6) is 0 Å². The monoisotopic (exact) mass is 214 g/mol. The molecule has 0 saturated carbocycles. The standard InChI is InChI=1S/C5H10O5S2/c1-3-5-12(8,9)10-11(6,7)4-2/h3H,1,4-5H2,2H3. The molecule has 0 unspecified atom stereocenters. The minimum absolute atomic E-state index is 0.372. The summed E-state index contributed by atoms with van der Waals surface area (Å²) < 4.78 is 46.7. The lowest BCUT2D eigenvalue weighted by Crippen LogP contribution is -2.16. The third-order valence-corrected chi connectivity index (χ3v) is 3.89. The number of rotatable bonds is 5. The molecule has 0 aromatic carbocycles. The van der Waals surface area contributed by atoms with Gasteiger partial charge in [0.25, 0.3) is 20.2 Å². The van der Waals surface area contributed by atoms with Crippen LogP contribution in [0.4, 0.5) is 0 Å². The molecule has 0 rings (SSSR count). The van der Waals surface area contributed by atoms with E-state index in [1.807, 2.05) is 0 Å². The van der Waals surface area contributed by atoms with Crippen LogP contribution in [0.2, 0.25) is 0 Å². The molecular formula is C5H10O5S2. The van der Waals surface area contributed by atoms with E-state index in [2.05, 4.69) is 10.2 Å². The quantitative estimate of drug-likeness (QED) is 0.596. The first-order valence-electron chi connectivity index (χ1n) is 3.10. The van der Waals surface area contributed by atoms with E-state index in [-0.39, 0.29) is 5.75 Å². The van der Waals surface area contributed by atoms with E-state index in [0.717, 1.165) is 6.08 Å². The second-order valence-corrected chi connectivity index (χ2v) is 5.61. The van der Waals surface area contributed by atoms with Gasteiger partial charge < -0.3 is 0 Å². The predicted octanol–water partition coefficient (Wildman–Crippen LogP) is -0.131. The van der Waals surface area contributed by atoms with Crippen LogP contribution in [0, 0.1) is 0 Å². The van der Waals surface area contributed by atoms with E-state index >= 15 is 0 Å². The van der Waals surface area contributed by atoms with E-state index < -0.39 is 26.0 Å². The van der Waals surface area contributed by atoms with Crippen LogP contribution in [-0.2, 0) is 23.9 Å². The molecule has 0 aliphatic heterocycles. The molecule has 0 aromatic rings. The van der Waals surface area contributed by atoms with E-state index in [9.17, 15) is 16.8 Å². The SMILES string of the molecule is C=CCS(=O)(=O)OS(=O)(=O)CC. The van der Waals surface area contributed by atoms with Crippen molar-refractivity contribution in [3.05, 3.63) is 12.7 Å². The molecule has 5 nitrogen and oxygen atoms in total. The predicted molar refractivity (Wildman–Crippen MR) is 44.5 cm³/mol. The molecule has 0 bridgehead atoms. The average Bonchev–Trinajstić information content (AvgIpc) is 1.85. The molecule has 72 valence electrons. The van der Waals surface area contributed by atoms with Crippen molar-refractivity contribution in [2.45, 2.75) is 6.92 Å². The first-order valence-corrected chi connectivity index (χ1v) is 6.26. The zero-order valence-corrected chi connectivity index (χ0v) is 8.19. The van der Waals surface area contributed by atoms with E-state index in [1.54, 1.807) is 0 Å². The van der Waals surface area contributed by atoms with Gasteiger partial charge in [0.05, 0.1) is 11.5 Å². The van der Waals surface area contributed by atoms with Crippen molar-refractivity contribution in [1.82, 2.24) is 0 Å². The van der Waals surface area contributed by atoms with Crippen LogP contribution in [0.3, 0.4) is 0 Å². The Hall–Kier alpha value is -0.400. The summed E-state index contributed by atoms with van der Waals surface area (Å²) in [6.07, 6.45) is 1.06. The fourth-order valence-corrected chi connectivity index (χ4v) is 2.54. The van der Waals surface area contributed by atoms with Crippen molar-refractivity contribution in [2.75, 3.05) is 11.5 Å². The summed E-state index contributed by atoms with van der Waals surface area (Å²) in [5.41, 5.74) is 0. The molecule has 0 aliphatic carbocycles. The summed E-state index contributed by atoms with van der Waals surface area (Å²) in [4.78, 5) is 0. The lowest BCUT2D eigenvalue weighted by molar-refractivity contribution is 0.465. The molecule has 0 fully saturated rings. The topological polar surface area (TPSA) is 77.5 Å². The van der Waals surface area contributed by atoms with Gasteiger partial charge in [0.1, 0.15) is 0 Å². The zero-order chi connectivity index (χ0) is 9.83. The largest absolute Gasteiger partial charge is 0.285 e. The van der Waals surface area contributed by atoms with Crippen LogP contribution in [0.1, 0.15) is 6.92 Å². The summed E-state index contributed by atoms with van der Waals surface area (Å²) >= 11 is 0. The van der Waals surface area contributed by atoms with E-state index in [4.69, 9.17) is 0 Å². The van der Waals surface area contributed by atoms with Crippen LogP contribution in [0.15, 0.2) is 12.7 Å². The van der Waals surface area contributed by atoms with Gasteiger partial charge in [-0.05, 0) is 6.92 Å². The van der Waals surface area contributed by atoms with Crippen LogP contribution >= 0.6 is 0 Å². The van der Waals surface area contributed by atoms with Crippen molar-refractivity contribution >= 4 is 20.2 Å². The molecular weight excluding hydrogens is 204 g/mol. The third kappa shape index (κ3) is 4.47. The zero-order valence-electron chi connectivity index (χ0n) is 6.56. The second-order valence-electron chi connectivity index (χ2n) is 1.93. The van der Waals surface area contributed by atoms with Gasteiger partial charge in [-0.2, -0.15) is 16.8 Å². The van der Waals surface area contributed by atoms with Crippen molar-refractivity contribution in [3.8, 4) is 0 Å². The fraction of sp³-hybridized carbons (Fsp3) is 0.600. The van der Waals surface area contributed by atoms with Gasteiger partial charge in [-0.3, -0.25) is 0 Å². The van der Waals surface area contributed by atoms with Gasteiger partial charge in [0, 0.05) is 0 Å². The second kappa shape index (κ2) is 4.01. The Kier molecular flexibility index (Phi) is 3.88. The maximum Gasteiger partial charge on any atom is 0.285 e. The van der Waals surface area contributed by atoms with Gasteiger partial charge in [0.2, 0.25) is 0 Å². The highest BCUT2D eigenvalue weighted by atomic mass is 32.3. The van der Waals surface area contributed by atoms with Crippen molar-refractivity contribution in [2.24, 2.45) is 0 Å². The van der Waals surface area contributed by atoms with Crippen LogP contribution < -0.4 is 0 Å². The molecule has 0 spiro atoms. The molecule has 0 N–H and O–H groups in total. The van der Waals surface area contributed by atoms with Crippen molar-refractivity contribution < 1.29 is 20.5 Å². The highest BCUT2D eigenvalue weighted by Crippen LogP contribution is 2.01. The van der Waals surface area contributed by atoms with E-state index in [0.29, 0.717) is 0 Å². The Morgan fingerprint density at radius 3 is 2.08 bits per heavy atom. The Balaban J connectivity index is 4.58. The minimum Gasteiger partial charge on any atom is -0.198 e. The van der Waals surface area contributed by atoms with Gasteiger partial charge in [0.15, 0.2) is 0 Å². The maximum absolute atomic E-state index is 10.7. The Labute approximate surface area is 72.3 Å². The smallest absolute Gasteiger partial charge is 0.198 e. The lowest BCUT2D eigenvalue weighted by atomic mass is 10.8. The highest BCUT2D eigenvalue weighted by molar-refractivity contribution is 7.99. The Morgan fingerprint density at radius 1 is 1.25 bits per heavy atom. The van der Waals surface area contributed by atoms with Gasteiger partial charge >= 0.3 is 0 Å². The fourth-order valence-electron chi connectivity index (χ4n) is 0.378. The molecule has 0 saturated heterocycles. The van der Waals surface area contributed by atoms with Gasteiger partial charge in [-0.15, -0.1) is 10.2 Å². The summed E-state index contributed by atoms with van der Waals surface area (Å²) in [5, 5.41) is 0. The van der Waals surface area contributed by atoms with Crippen LogP contribution in [0.25, 0.3) is 0 Å². The molecule has 0 aliphatic rings. The minimum atomic E-state index is -4.01. The molecule has 0 atom stereocenters. The van der Waals surface area contributed by atoms with Gasteiger partial charge in [-0.1, -0.05) is 6.08 Å². The summed E-state index contributed by atoms with van der Waals surface area (Å²) in [7, 11) is -7.94. The first kappa shape index (κ1) is 11.6. The number of hydrogen-bond acceptors (Lipinski definition) is 5. The van der Waals surface area contributed by atoms with E-state index in [1.165, 1.54) is 6.92 Å². The molecule has 0 radical (unpaired) electrons. The Morgan fingerprint density at radius 2 is 1.75 bits per heavy atom. The Bertz CT molecular complexity index is 336. The molecule has 0 amide bonds. The normalized spacial score (nSPS) is 12.8. The highest BCUT2D eigenvalue weighted by Gasteiger charge is 2.19. The van der Waals surface area contributed by atoms with Crippen molar-refractivity contribution in [1.29, 1.82) is 0 Å². The maximum atomic E-state index is 10.7. The summed E-state index contributed by atoms with van der Waals surface area (Å²) in [6, 6.07) is 0. The van der Waals surface area contributed by atoms with Crippen molar-refractivity contribution in [3.63, 3.8) is 0 Å². The summed E-state index contributed by atoms with van der Waals surface area (Å²) in [5.74, 6) is -0.879. The van der Waals surface area contributed by atoms with Gasteiger partial charge in [-0.25, -0.2) is 0 Å². The molecule has 12 heavy (non-hydrogen) atoms. The molecule has 0 heterocycles. The first-order chi connectivity index (χ1) is 5.33. The lowest BCUT2D eigenvalue weighted by Gasteiger charge is -2.00. The number of hydrogen-bond donors (Lipinski definition) is 0. The third-order valence-electron chi connectivity index (χ3n) is 0.883.